The van der Waals surface area contributed by atoms with Gasteiger partial charge in [0.1, 0.15) is 11.1 Å². The van der Waals surface area contributed by atoms with E-state index in [4.69, 9.17) is 0 Å². The van der Waals surface area contributed by atoms with Gasteiger partial charge in [0.15, 0.2) is 9.84 Å². The molecule has 0 bridgehead atoms. The van der Waals surface area contributed by atoms with Crippen molar-refractivity contribution >= 4 is 9.84 Å². The highest BCUT2D eigenvalue weighted by atomic mass is 32.2. The van der Waals surface area contributed by atoms with Crippen LogP contribution in [-0.4, -0.2) is 35.4 Å². The van der Waals surface area contributed by atoms with Crippen molar-refractivity contribution in [3.8, 4) is 0 Å². The van der Waals surface area contributed by atoms with E-state index in [2.05, 4.69) is 4.98 Å². The highest BCUT2D eigenvalue weighted by molar-refractivity contribution is 7.91. The number of hydrogen-bond donors (Lipinski definition) is 1. The van der Waals surface area contributed by atoms with E-state index in [1.807, 2.05) is 4.57 Å². The second-order valence-corrected chi connectivity index (χ2v) is 7.61. The Balaban J connectivity index is 1.97. The molecule has 100 valence electrons. The van der Waals surface area contributed by atoms with Gasteiger partial charge in [-0.2, -0.15) is 0 Å². The Kier molecular flexibility index (Phi) is 2.94. The summed E-state index contributed by atoms with van der Waals surface area (Å²) in [5.74, 6) is 1.21. The van der Waals surface area contributed by atoms with Gasteiger partial charge in [0.05, 0.1) is 5.75 Å². The maximum Gasteiger partial charge on any atom is 0.160 e. The van der Waals surface area contributed by atoms with Gasteiger partial charge in [-0.1, -0.05) is 0 Å². The molecule has 3 rings (SSSR count). The molecule has 0 amide bonds. The van der Waals surface area contributed by atoms with Crippen LogP contribution in [0.1, 0.15) is 36.0 Å². The maximum atomic E-state index is 12.0. The third kappa shape index (κ3) is 1.87. The van der Waals surface area contributed by atoms with Gasteiger partial charge in [-0.3, -0.25) is 0 Å². The molecule has 1 aromatic heterocycles. The van der Waals surface area contributed by atoms with Crippen LogP contribution in [0.25, 0.3) is 0 Å². The number of fused-ring (bicyclic) bond motifs is 1. The first kappa shape index (κ1) is 12.2. The number of hydrogen-bond acceptors (Lipinski definition) is 4. The third-order valence-electron chi connectivity index (χ3n) is 4.09. The predicted molar refractivity (Wildman–Crippen MR) is 66.9 cm³/mol. The zero-order valence-electron chi connectivity index (χ0n) is 10.2. The van der Waals surface area contributed by atoms with Crippen molar-refractivity contribution in [1.82, 2.24) is 9.55 Å². The van der Waals surface area contributed by atoms with Crippen LogP contribution in [-0.2, 0) is 22.8 Å². The minimum atomic E-state index is -3.01. The first-order valence-corrected chi connectivity index (χ1v) is 8.20. The Morgan fingerprint density at radius 2 is 2.28 bits per heavy atom. The van der Waals surface area contributed by atoms with Crippen molar-refractivity contribution < 1.29 is 13.5 Å². The maximum absolute atomic E-state index is 12.0. The standard InChI is InChI=1S/C12H18N2O3S/c15-8-9-3-4-10-6-13-12(14(10)7-9)11-2-1-5-18(11,16)17/h6,9,11,15H,1-5,7-8H2. The van der Waals surface area contributed by atoms with Crippen LogP contribution in [0.5, 0.6) is 0 Å². The molecular formula is C12H18N2O3S. The number of sulfone groups is 1. The van der Waals surface area contributed by atoms with Crippen molar-refractivity contribution in [2.75, 3.05) is 12.4 Å². The van der Waals surface area contributed by atoms with Gasteiger partial charge < -0.3 is 9.67 Å². The lowest BCUT2D eigenvalue weighted by Crippen LogP contribution is -2.25. The van der Waals surface area contributed by atoms with Crippen molar-refractivity contribution in [2.24, 2.45) is 5.92 Å². The van der Waals surface area contributed by atoms with E-state index < -0.39 is 15.1 Å². The van der Waals surface area contributed by atoms with Gasteiger partial charge in [-0.25, -0.2) is 13.4 Å². The van der Waals surface area contributed by atoms with Crippen molar-refractivity contribution in [3.63, 3.8) is 0 Å². The van der Waals surface area contributed by atoms with Crippen LogP contribution in [0, 0.1) is 5.92 Å². The molecule has 1 saturated heterocycles. The average Bonchev–Trinajstić information content (AvgIpc) is 2.90. The normalized spacial score (nSPS) is 30.3. The first-order chi connectivity index (χ1) is 8.62. The van der Waals surface area contributed by atoms with Crippen LogP contribution in [0.15, 0.2) is 6.20 Å². The third-order valence-corrected chi connectivity index (χ3v) is 6.26. The number of aromatic nitrogens is 2. The molecular weight excluding hydrogens is 252 g/mol. The molecule has 18 heavy (non-hydrogen) atoms. The fourth-order valence-electron chi connectivity index (χ4n) is 3.03. The molecule has 0 radical (unpaired) electrons. The molecule has 0 aliphatic carbocycles. The summed E-state index contributed by atoms with van der Waals surface area (Å²) in [6, 6.07) is 0. The van der Waals surface area contributed by atoms with Crippen LogP contribution in [0.3, 0.4) is 0 Å². The summed E-state index contributed by atoms with van der Waals surface area (Å²) in [6.07, 6.45) is 5.06. The molecule has 6 heteroatoms. The zero-order chi connectivity index (χ0) is 12.8. The van der Waals surface area contributed by atoms with Crippen molar-refractivity contribution in [2.45, 2.75) is 37.5 Å². The highest BCUT2D eigenvalue weighted by Gasteiger charge is 2.37. The molecule has 0 aromatic carbocycles. The molecule has 0 spiro atoms. The fourth-order valence-corrected chi connectivity index (χ4v) is 4.91. The van der Waals surface area contributed by atoms with Gasteiger partial charge in [0.25, 0.3) is 0 Å². The summed E-state index contributed by atoms with van der Waals surface area (Å²) in [7, 11) is -3.01. The summed E-state index contributed by atoms with van der Waals surface area (Å²) in [5, 5.41) is 8.83. The van der Waals surface area contributed by atoms with Gasteiger partial charge in [0, 0.05) is 31.0 Å². The number of aliphatic hydroxyl groups excluding tert-OH is 1. The monoisotopic (exact) mass is 270 g/mol. The van der Waals surface area contributed by atoms with Gasteiger partial charge in [-0.05, 0) is 25.7 Å². The highest BCUT2D eigenvalue weighted by Crippen LogP contribution is 2.35. The first-order valence-electron chi connectivity index (χ1n) is 6.48. The fraction of sp³-hybridized carbons (Fsp3) is 0.750. The SMILES string of the molecule is O=S1(=O)CCCC1c1ncc2n1CC(CO)CC2. The minimum absolute atomic E-state index is 0.161. The average molecular weight is 270 g/mol. The van der Waals surface area contributed by atoms with E-state index in [9.17, 15) is 13.5 Å². The number of nitrogens with zero attached hydrogens (tertiary/aromatic N) is 2. The zero-order valence-corrected chi connectivity index (χ0v) is 11.1. The second kappa shape index (κ2) is 4.35. The lowest BCUT2D eigenvalue weighted by molar-refractivity contribution is 0.190. The van der Waals surface area contributed by atoms with Crippen LogP contribution in [0.2, 0.25) is 0 Å². The Hall–Kier alpha value is -0.880. The molecule has 1 N–H and O–H groups in total. The molecule has 2 aliphatic heterocycles. The van der Waals surface area contributed by atoms with Gasteiger partial charge in [-0.15, -0.1) is 0 Å². The Labute approximate surface area is 107 Å². The Morgan fingerprint density at radius 3 is 2.94 bits per heavy atom. The predicted octanol–water partition coefficient (Wildman–Crippen LogP) is 0.687. The van der Waals surface area contributed by atoms with E-state index in [0.717, 1.165) is 25.0 Å². The molecule has 2 atom stereocenters. The largest absolute Gasteiger partial charge is 0.396 e. The topological polar surface area (TPSA) is 72.2 Å². The van der Waals surface area contributed by atoms with Crippen LogP contribution in [0.4, 0.5) is 0 Å². The molecule has 0 saturated carbocycles. The van der Waals surface area contributed by atoms with E-state index in [-0.39, 0.29) is 18.3 Å². The van der Waals surface area contributed by atoms with E-state index in [1.165, 1.54) is 0 Å². The van der Waals surface area contributed by atoms with Crippen molar-refractivity contribution in [3.05, 3.63) is 17.7 Å². The number of rotatable bonds is 2. The number of imidazole rings is 1. The minimum Gasteiger partial charge on any atom is -0.396 e. The molecule has 3 heterocycles. The van der Waals surface area contributed by atoms with Crippen LogP contribution < -0.4 is 0 Å². The molecule has 1 aromatic rings. The Bertz CT molecular complexity index is 550. The van der Waals surface area contributed by atoms with Crippen LogP contribution >= 0.6 is 0 Å². The molecule has 2 unspecified atom stereocenters. The summed E-state index contributed by atoms with van der Waals surface area (Å²) in [4.78, 5) is 4.35. The number of aliphatic hydroxyl groups is 1. The number of aryl methyl sites for hydroxylation is 1. The molecule has 1 fully saturated rings. The van der Waals surface area contributed by atoms with Gasteiger partial charge >= 0.3 is 0 Å². The molecule has 2 aliphatic rings. The van der Waals surface area contributed by atoms with E-state index >= 15 is 0 Å². The summed E-state index contributed by atoms with van der Waals surface area (Å²) >= 11 is 0. The Morgan fingerprint density at radius 1 is 1.44 bits per heavy atom. The van der Waals surface area contributed by atoms with E-state index in [1.54, 1.807) is 6.20 Å². The quantitative estimate of drug-likeness (QED) is 0.858. The lowest BCUT2D eigenvalue weighted by Gasteiger charge is -2.25. The van der Waals surface area contributed by atoms with Gasteiger partial charge in [0.2, 0.25) is 0 Å². The van der Waals surface area contributed by atoms with E-state index in [0.29, 0.717) is 18.8 Å². The summed E-state index contributed by atoms with van der Waals surface area (Å²) in [6.45, 7) is 0.863. The lowest BCUT2D eigenvalue weighted by atomic mass is 9.99. The summed E-state index contributed by atoms with van der Waals surface area (Å²) < 4.78 is 26.0. The second-order valence-electron chi connectivity index (χ2n) is 5.30. The smallest absolute Gasteiger partial charge is 0.160 e. The van der Waals surface area contributed by atoms with Crippen molar-refractivity contribution in [1.29, 1.82) is 0 Å². The molecule has 5 nitrogen and oxygen atoms in total. The summed E-state index contributed by atoms with van der Waals surface area (Å²) in [5.41, 5.74) is 1.11.